The number of guanidine groups is 1. The lowest BCUT2D eigenvalue weighted by Crippen LogP contribution is -2.45. The van der Waals surface area contributed by atoms with Gasteiger partial charge in [0, 0.05) is 65.6 Å². The van der Waals surface area contributed by atoms with Gasteiger partial charge in [0.15, 0.2) is 5.96 Å². The van der Waals surface area contributed by atoms with Gasteiger partial charge in [-0.05, 0) is 30.9 Å². The molecule has 3 rings (SSSR count). The summed E-state index contributed by atoms with van der Waals surface area (Å²) in [5.41, 5.74) is 5.05. The molecule has 184 valence electrons. The summed E-state index contributed by atoms with van der Waals surface area (Å²) < 4.78 is 7.80. The van der Waals surface area contributed by atoms with Crippen LogP contribution in [0.4, 0.5) is 0 Å². The first-order chi connectivity index (χ1) is 15.3. The van der Waals surface area contributed by atoms with E-state index in [9.17, 15) is 0 Å². The lowest BCUT2D eigenvalue weighted by atomic mass is 10.1. The molecule has 0 aliphatic carbocycles. The Balaban J connectivity index is 0.00000385. The third-order valence-corrected chi connectivity index (χ3v) is 5.91. The predicted molar refractivity (Wildman–Crippen MR) is 146 cm³/mol. The molecule has 8 heteroatoms. The Morgan fingerprint density at radius 1 is 1.18 bits per heavy atom. The van der Waals surface area contributed by atoms with Crippen molar-refractivity contribution < 1.29 is 4.74 Å². The maximum atomic E-state index is 5.90. The van der Waals surface area contributed by atoms with Crippen LogP contribution in [-0.4, -0.2) is 64.9 Å². The van der Waals surface area contributed by atoms with Gasteiger partial charge in [-0.15, -0.1) is 24.0 Å². The highest BCUT2D eigenvalue weighted by molar-refractivity contribution is 14.0. The summed E-state index contributed by atoms with van der Waals surface area (Å²) in [5, 5.41) is 8.20. The van der Waals surface area contributed by atoms with Crippen molar-refractivity contribution in [3.05, 3.63) is 52.8 Å². The lowest BCUT2D eigenvalue weighted by Gasteiger charge is -2.35. The van der Waals surface area contributed by atoms with Gasteiger partial charge in [0.1, 0.15) is 0 Å². The number of benzene rings is 1. The normalized spacial score (nSPS) is 19.5. The molecule has 0 spiro atoms. The average Bonchev–Trinajstić information content (AvgIpc) is 3.09. The van der Waals surface area contributed by atoms with Crippen LogP contribution in [0.25, 0.3) is 0 Å². The van der Waals surface area contributed by atoms with Crippen molar-refractivity contribution >= 4 is 29.9 Å². The van der Waals surface area contributed by atoms with Gasteiger partial charge in [-0.1, -0.05) is 38.1 Å². The molecule has 2 atom stereocenters. The molecule has 0 radical (unpaired) electrons. The molecule has 1 aromatic carbocycles. The van der Waals surface area contributed by atoms with Gasteiger partial charge in [0.05, 0.1) is 17.9 Å². The molecule has 1 aromatic heterocycles. The molecular weight excluding hydrogens is 527 g/mol. The molecule has 2 unspecified atom stereocenters. The Labute approximate surface area is 216 Å². The Bertz CT molecular complexity index is 902. The monoisotopic (exact) mass is 568 g/mol. The molecule has 1 fully saturated rings. The van der Waals surface area contributed by atoms with Crippen LogP contribution in [-0.2, 0) is 31.4 Å². The summed E-state index contributed by atoms with van der Waals surface area (Å²) in [6, 6.07) is 8.69. The Morgan fingerprint density at radius 2 is 1.82 bits per heavy atom. The molecule has 2 aromatic rings. The second-order valence-corrected chi connectivity index (χ2v) is 9.34. The highest BCUT2D eigenvalue weighted by Gasteiger charge is 2.23. The summed E-state index contributed by atoms with van der Waals surface area (Å²) in [4.78, 5) is 9.18. The summed E-state index contributed by atoms with van der Waals surface area (Å²) >= 11 is 0. The molecule has 1 aliphatic rings. The van der Waals surface area contributed by atoms with Crippen LogP contribution >= 0.6 is 24.0 Å². The summed E-state index contributed by atoms with van der Waals surface area (Å²) in [6.45, 7) is 13.1. The standard InChI is InChI=1S/C25H40N6O.HI/c1-18(2)24-23(16-30(7)28-24)15-29(6)25(26-5)27-12-21-10-8-9-11-22(21)17-31-13-19(3)32-20(4)14-31;/h8-11,16,18-20H,12-15,17H2,1-7H3,(H,26,27);1H. The molecule has 0 saturated carbocycles. The van der Waals surface area contributed by atoms with E-state index in [-0.39, 0.29) is 36.2 Å². The first-order valence-electron chi connectivity index (χ1n) is 11.7. The average molecular weight is 569 g/mol. The van der Waals surface area contributed by atoms with Crippen molar-refractivity contribution in [2.45, 2.75) is 65.5 Å². The van der Waals surface area contributed by atoms with Gasteiger partial charge >= 0.3 is 0 Å². The zero-order valence-corrected chi connectivity index (χ0v) is 23.5. The number of aromatic nitrogens is 2. The van der Waals surface area contributed by atoms with Crippen LogP contribution in [0, 0.1) is 0 Å². The molecule has 2 heterocycles. The van der Waals surface area contributed by atoms with E-state index in [0.29, 0.717) is 5.92 Å². The van der Waals surface area contributed by atoms with Crippen LogP contribution in [0.3, 0.4) is 0 Å². The van der Waals surface area contributed by atoms with E-state index in [2.05, 4.69) is 90.4 Å². The minimum absolute atomic E-state index is 0. The summed E-state index contributed by atoms with van der Waals surface area (Å²) in [6.07, 6.45) is 2.66. The molecule has 0 bridgehead atoms. The molecule has 1 N–H and O–H groups in total. The Hall–Kier alpha value is -1.65. The summed E-state index contributed by atoms with van der Waals surface area (Å²) in [7, 11) is 5.90. The smallest absolute Gasteiger partial charge is 0.193 e. The first-order valence-corrected chi connectivity index (χ1v) is 11.7. The van der Waals surface area contributed by atoms with Crippen LogP contribution in [0.5, 0.6) is 0 Å². The first kappa shape index (κ1) is 27.6. The van der Waals surface area contributed by atoms with Gasteiger partial charge < -0.3 is 15.0 Å². The third kappa shape index (κ3) is 7.68. The molecular formula is C25H41IN6O. The molecule has 1 saturated heterocycles. The Morgan fingerprint density at radius 3 is 2.42 bits per heavy atom. The van der Waals surface area contributed by atoms with Crippen molar-refractivity contribution in [2.75, 3.05) is 27.2 Å². The van der Waals surface area contributed by atoms with Gasteiger partial charge in [-0.3, -0.25) is 14.6 Å². The van der Waals surface area contributed by atoms with Crippen LogP contribution in [0.15, 0.2) is 35.5 Å². The number of aryl methyl sites for hydroxylation is 1. The second kappa shape index (κ2) is 12.7. The third-order valence-electron chi connectivity index (χ3n) is 5.91. The summed E-state index contributed by atoms with van der Waals surface area (Å²) in [5.74, 6) is 1.28. The number of nitrogens with zero attached hydrogens (tertiary/aromatic N) is 5. The zero-order valence-electron chi connectivity index (χ0n) is 21.2. The minimum atomic E-state index is 0. The fraction of sp³-hybridized carbons (Fsp3) is 0.600. The van der Waals surface area contributed by atoms with E-state index < -0.39 is 0 Å². The number of halogens is 1. The van der Waals surface area contributed by atoms with E-state index in [0.717, 1.165) is 44.4 Å². The van der Waals surface area contributed by atoms with Gasteiger partial charge in [-0.2, -0.15) is 5.10 Å². The second-order valence-electron chi connectivity index (χ2n) is 9.34. The maximum Gasteiger partial charge on any atom is 0.193 e. The van der Waals surface area contributed by atoms with Crippen molar-refractivity contribution in [2.24, 2.45) is 12.0 Å². The quantitative estimate of drug-likeness (QED) is 0.311. The molecule has 7 nitrogen and oxygen atoms in total. The minimum Gasteiger partial charge on any atom is -0.373 e. The van der Waals surface area contributed by atoms with E-state index in [1.165, 1.54) is 16.7 Å². The van der Waals surface area contributed by atoms with E-state index in [4.69, 9.17) is 4.74 Å². The Kier molecular flexibility index (Phi) is 10.6. The highest BCUT2D eigenvalue weighted by Crippen LogP contribution is 2.19. The van der Waals surface area contributed by atoms with Gasteiger partial charge in [0.2, 0.25) is 0 Å². The van der Waals surface area contributed by atoms with Crippen LogP contribution in [0.2, 0.25) is 0 Å². The highest BCUT2D eigenvalue weighted by atomic mass is 127. The van der Waals surface area contributed by atoms with Crippen molar-refractivity contribution in [3.8, 4) is 0 Å². The van der Waals surface area contributed by atoms with Crippen LogP contribution in [0.1, 0.15) is 56.0 Å². The molecule has 0 amide bonds. The fourth-order valence-corrected chi connectivity index (χ4v) is 4.59. The number of morpholine rings is 1. The SMILES string of the molecule is CN=C(NCc1ccccc1CN1CC(C)OC(C)C1)N(C)Cc1cn(C)nc1C(C)C.I. The molecule has 1 aliphatic heterocycles. The predicted octanol–water partition coefficient (Wildman–Crippen LogP) is 3.98. The van der Waals surface area contributed by atoms with Crippen molar-refractivity contribution in [1.29, 1.82) is 0 Å². The zero-order chi connectivity index (χ0) is 23.3. The fourth-order valence-electron chi connectivity index (χ4n) is 4.59. The van der Waals surface area contributed by atoms with Gasteiger partial charge in [-0.25, -0.2) is 0 Å². The number of hydrogen-bond acceptors (Lipinski definition) is 4. The van der Waals surface area contributed by atoms with E-state index in [1.54, 1.807) is 0 Å². The number of hydrogen-bond donors (Lipinski definition) is 1. The van der Waals surface area contributed by atoms with Crippen LogP contribution < -0.4 is 5.32 Å². The van der Waals surface area contributed by atoms with E-state index in [1.807, 2.05) is 18.8 Å². The van der Waals surface area contributed by atoms with Gasteiger partial charge in [0.25, 0.3) is 0 Å². The number of rotatable bonds is 7. The largest absolute Gasteiger partial charge is 0.373 e. The lowest BCUT2D eigenvalue weighted by molar-refractivity contribution is -0.0705. The van der Waals surface area contributed by atoms with Crippen molar-refractivity contribution in [3.63, 3.8) is 0 Å². The maximum absolute atomic E-state index is 5.90. The molecule has 33 heavy (non-hydrogen) atoms. The number of nitrogens with one attached hydrogen (secondary N) is 1. The van der Waals surface area contributed by atoms with Crippen molar-refractivity contribution in [1.82, 2.24) is 24.9 Å². The number of aliphatic imine (C=N–C) groups is 1. The number of ether oxygens (including phenoxy) is 1. The van der Waals surface area contributed by atoms with E-state index >= 15 is 0 Å². The topological polar surface area (TPSA) is 57.9 Å².